The Kier molecular flexibility index (Phi) is 4.73. The molecule has 0 atom stereocenters. The van der Waals surface area contributed by atoms with Gasteiger partial charge >= 0.3 is 0 Å². The van der Waals surface area contributed by atoms with Crippen molar-refractivity contribution in [2.24, 2.45) is 5.92 Å². The van der Waals surface area contributed by atoms with Crippen LogP contribution in [0.4, 0.5) is 0 Å². The molecule has 0 saturated carbocycles. The third-order valence-electron chi connectivity index (χ3n) is 1.65. The van der Waals surface area contributed by atoms with Gasteiger partial charge in [0, 0.05) is 0 Å². The van der Waals surface area contributed by atoms with E-state index in [1.807, 2.05) is 6.08 Å². The maximum atomic E-state index is 3.70. The molecule has 0 saturated heterocycles. The standard InChI is InChI=1S/C8H16/c1-4-7-8(5-2)6-3/h4,8H,1,5-7H2,2-3H3. The first-order valence-electron chi connectivity index (χ1n) is 3.46. The molecule has 0 heterocycles. The van der Waals surface area contributed by atoms with Gasteiger partial charge in [-0.25, -0.2) is 0 Å². The first kappa shape index (κ1) is 7.74. The molecule has 0 heteroatoms. The smallest absolute Gasteiger partial charge is 0.0325 e. The molecule has 0 aromatic carbocycles. The van der Waals surface area contributed by atoms with Gasteiger partial charge in [0.05, 0.1) is 0 Å². The number of rotatable bonds is 4. The van der Waals surface area contributed by atoms with E-state index in [1.54, 1.807) is 0 Å². The van der Waals surface area contributed by atoms with Crippen molar-refractivity contribution >= 4 is 0 Å². The van der Waals surface area contributed by atoms with Gasteiger partial charge in [-0.2, -0.15) is 0 Å². The molecule has 0 nitrogen and oxygen atoms in total. The van der Waals surface area contributed by atoms with Crippen molar-refractivity contribution in [3.8, 4) is 0 Å². The first-order valence-corrected chi connectivity index (χ1v) is 3.46. The zero-order valence-electron chi connectivity index (χ0n) is 5.98. The maximum Gasteiger partial charge on any atom is -0.0325 e. The number of hydrogen-bond donors (Lipinski definition) is 0. The van der Waals surface area contributed by atoms with Crippen LogP contribution in [0.25, 0.3) is 0 Å². The van der Waals surface area contributed by atoms with Gasteiger partial charge in [-0.05, 0) is 12.3 Å². The summed E-state index contributed by atoms with van der Waals surface area (Å²) in [5.74, 6) is 0.882. The van der Waals surface area contributed by atoms with Crippen LogP contribution in [0.3, 0.4) is 0 Å². The van der Waals surface area contributed by atoms with Crippen LogP contribution in [0.1, 0.15) is 33.1 Å². The zero-order chi connectivity index (χ0) is 6.41. The molecule has 0 aliphatic rings. The minimum atomic E-state index is 0.882. The molecule has 0 rings (SSSR count). The summed E-state index contributed by atoms with van der Waals surface area (Å²) in [5, 5.41) is 0. The zero-order valence-corrected chi connectivity index (χ0v) is 5.98. The predicted molar refractivity (Wildman–Crippen MR) is 38.9 cm³/mol. The van der Waals surface area contributed by atoms with Crippen LogP contribution < -0.4 is 0 Å². The van der Waals surface area contributed by atoms with Gasteiger partial charge in [-0.3, -0.25) is 0 Å². The van der Waals surface area contributed by atoms with Gasteiger partial charge in [-0.15, -0.1) is 6.58 Å². The van der Waals surface area contributed by atoms with Crippen molar-refractivity contribution < 1.29 is 0 Å². The summed E-state index contributed by atoms with van der Waals surface area (Å²) in [7, 11) is 0. The average molecular weight is 112 g/mol. The van der Waals surface area contributed by atoms with Crippen molar-refractivity contribution in [2.45, 2.75) is 33.1 Å². The molecule has 0 bridgehead atoms. The highest BCUT2D eigenvalue weighted by atomic mass is 14.0. The van der Waals surface area contributed by atoms with Crippen molar-refractivity contribution in [1.82, 2.24) is 0 Å². The summed E-state index contributed by atoms with van der Waals surface area (Å²) in [6, 6.07) is 0. The molecule has 48 valence electrons. The molecule has 0 aromatic rings. The lowest BCUT2D eigenvalue weighted by Gasteiger charge is -2.06. The molecule has 0 aromatic heterocycles. The first-order chi connectivity index (χ1) is 3.85. The van der Waals surface area contributed by atoms with Gasteiger partial charge in [-0.1, -0.05) is 32.8 Å². The SMILES string of the molecule is C=CCC(CC)CC. The summed E-state index contributed by atoms with van der Waals surface area (Å²) in [4.78, 5) is 0. The second-order valence-electron chi connectivity index (χ2n) is 2.21. The summed E-state index contributed by atoms with van der Waals surface area (Å²) in [6.45, 7) is 8.16. The second kappa shape index (κ2) is 4.89. The predicted octanol–water partition coefficient (Wildman–Crippen LogP) is 3.00. The van der Waals surface area contributed by atoms with Gasteiger partial charge in [0.25, 0.3) is 0 Å². The summed E-state index contributed by atoms with van der Waals surface area (Å²) in [5.41, 5.74) is 0. The van der Waals surface area contributed by atoms with Crippen LogP contribution in [0.2, 0.25) is 0 Å². The Labute approximate surface area is 52.6 Å². The Morgan fingerprint density at radius 3 is 2.00 bits per heavy atom. The van der Waals surface area contributed by atoms with Crippen LogP contribution in [-0.2, 0) is 0 Å². The molecular weight excluding hydrogens is 96.1 g/mol. The van der Waals surface area contributed by atoms with Gasteiger partial charge < -0.3 is 0 Å². The molecule has 0 amide bonds. The Morgan fingerprint density at radius 2 is 1.88 bits per heavy atom. The van der Waals surface area contributed by atoms with Crippen LogP contribution in [0, 0.1) is 5.92 Å². The highest BCUT2D eigenvalue weighted by Crippen LogP contribution is 2.11. The molecule has 0 N–H and O–H groups in total. The fraction of sp³-hybridized carbons (Fsp3) is 0.750. The molecule has 0 spiro atoms. The van der Waals surface area contributed by atoms with E-state index >= 15 is 0 Å². The summed E-state index contributed by atoms with van der Waals surface area (Å²) < 4.78 is 0. The van der Waals surface area contributed by atoms with E-state index in [-0.39, 0.29) is 0 Å². The largest absolute Gasteiger partial charge is 0.103 e. The van der Waals surface area contributed by atoms with Gasteiger partial charge in [0.15, 0.2) is 0 Å². The summed E-state index contributed by atoms with van der Waals surface area (Å²) >= 11 is 0. The normalized spacial score (nSPS) is 9.88. The Morgan fingerprint density at radius 1 is 1.38 bits per heavy atom. The topological polar surface area (TPSA) is 0 Å². The second-order valence-corrected chi connectivity index (χ2v) is 2.21. The highest BCUT2D eigenvalue weighted by Gasteiger charge is 1.97. The quantitative estimate of drug-likeness (QED) is 0.490. The molecule has 0 aliphatic heterocycles. The van der Waals surface area contributed by atoms with Crippen LogP contribution >= 0.6 is 0 Å². The lowest BCUT2D eigenvalue weighted by molar-refractivity contribution is 0.500. The average Bonchev–Trinajstić information content (AvgIpc) is 1.83. The van der Waals surface area contributed by atoms with Gasteiger partial charge in [0.1, 0.15) is 0 Å². The monoisotopic (exact) mass is 112 g/mol. The lowest BCUT2D eigenvalue weighted by Crippen LogP contribution is -1.92. The Hall–Kier alpha value is -0.260. The van der Waals surface area contributed by atoms with E-state index in [4.69, 9.17) is 0 Å². The Bertz CT molecular complexity index is 51.1. The van der Waals surface area contributed by atoms with Crippen molar-refractivity contribution in [3.05, 3.63) is 12.7 Å². The number of allylic oxidation sites excluding steroid dienone is 1. The van der Waals surface area contributed by atoms with Crippen molar-refractivity contribution in [2.75, 3.05) is 0 Å². The molecule has 8 heavy (non-hydrogen) atoms. The third-order valence-corrected chi connectivity index (χ3v) is 1.65. The molecular formula is C8H16. The fourth-order valence-electron chi connectivity index (χ4n) is 0.858. The minimum Gasteiger partial charge on any atom is -0.103 e. The van der Waals surface area contributed by atoms with E-state index < -0.39 is 0 Å². The highest BCUT2D eigenvalue weighted by molar-refractivity contribution is 4.70. The molecule has 0 fully saturated rings. The van der Waals surface area contributed by atoms with E-state index in [2.05, 4.69) is 20.4 Å². The summed E-state index contributed by atoms with van der Waals surface area (Å²) in [6.07, 6.45) is 5.79. The van der Waals surface area contributed by atoms with Gasteiger partial charge in [0.2, 0.25) is 0 Å². The van der Waals surface area contributed by atoms with Crippen molar-refractivity contribution in [3.63, 3.8) is 0 Å². The maximum absolute atomic E-state index is 3.70. The number of hydrogen-bond acceptors (Lipinski definition) is 0. The van der Waals surface area contributed by atoms with Crippen molar-refractivity contribution in [1.29, 1.82) is 0 Å². The van der Waals surface area contributed by atoms with E-state index in [9.17, 15) is 0 Å². The molecule has 0 radical (unpaired) electrons. The molecule has 0 unspecified atom stereocenters. The van der Waals surface area contributed by atoms with Crippen LogP contribution in [-0.4, -0.2) is 0 Å². The lowest BCUT2D eigenvalue weighted by atomic mass is 10.00. The van der Waals surface area contributed by atoms with Crippen LogP contribution in [0.15, 0.2) is 12.7 Å². The van der Waals surface area contributed by atoms with E-state index in [1.165, 1.54) is 19.3 Å². The Balaban J connectivity index is 3.20. The van der Waals surface area contributed by atoms with E-state index in [0.29, 0.717) is 0 Å². The van der Waals surface area contributed by atoms with E-state index in [0.717, 1.165) is 5.92 Å². The minimum absolute atomic E-state index is 0.882. The fourth-order valence-corrected chi connectivity index (χ4v) is 0.858. The van der Waals surface area contributed by atoms with Crippen LogP contribution in [0.5, 0.6) is 0 Å². The molecule has 0 aliphatic carbocycles. The third kappa shape index (κ3) is 2.84.